The van der Waals surface area contributed by atoms with Crippen LogP contribution in [-0.2, 0) is 25.0 Å². The molecule has 0 spiro atoms. The minimum Gasteiger partial charge on any atom is -0.493 e. The second-order valence-corrected chi connectivity index (χ2v) is 7.95. The smallest absolute Gasteiger partial charge is 0.340 e. The van der Waals surface area contributed by atoms with Crippen LogP contribution in [0.2, 0.25) is 0 Å². The summed E-state index contributed by atoms with van der Waals surface area (Å²) in [6.07, 6.45) is 0.530. The van der Waals surface area contributed by atoms with Gasteiger partial charge in [0.15, 0.2) is 11.5 Å². The Labute approximate surface area is 177 Å². The number of benzene rings is 1. The molecule has 1 aromatic rings. The highest BCUT2D eigenvalue weighted by Gasteiger charge is 2.19. The van der Waals surface area contributed by atoms with Crippen LogP contribution >= 0.6 is 0 Å². The van der Waals surface area contributed by atoms with E-state index in [1.54, 1.807) is 13.8 Å². The Kier molecular flexibility index (Phi) is 8.78. The SMILES string of the molecule is CCOC(=O)c1cc(OC)c(OC)cc1NC(=O)CC/C(C)=N/N=S1\CNC(=O)C1. The van der Waals surface area contributed by atoms with Crippen molar-refractivity contribution in [1.82, 2.24) is 5.32 Å². The van der Waals surface area contributed by atoms with Crippen molar-refractivity contribution in [1.29, 1.82) is 0 Å². The van der Waals surface area contributed by atoms with Gasteiger partial charge in [0, 0.05) is 24.3 Å². The normalized spacial score (nSPS) is 16.2. The Bertz CT molecular complexity index is 884. The molecule has 1 aliphatic rings. The summed E-state index contributed by atoms with van der Waals surface area (Å²) in [5, 5.41) is 9.53. The van der Waals surface area contributed by atoms with Gasteiger partial charge in [-0.1, -0.05) is 0 Å². The van der Waals surface area contributed by atoms with Gasteiger partial charge in [-0.3, -0.25) is 9.59 Å². The number of methoxy groups -OCH3 is 2. The summed E-state index contributed by atoms with van der Waals surface area (Å²) < 4.78 is 19.7. The van der Waals surface area contributed by atoms with Crippen LogP contribution in [0.4, 0.5) is 5.69 Å². The third kappa shape index (κ3) is 6.55. The third-order valence-corrected chi connectivity index (χ3v) is 5.45. The maximum atomic E-state index is 12.4. The van der Waals surface area contributed by atoms with Gasteiger partial charge >= 0.3 is 5.97 Å². The third-order valence-electron chi connectivity index (χ3n) is 4.07. The van der Waals surface area contributed by atoms with Crippen LogP contribution < -0.4 is 20.1 Å². The van der Waals surface area contributed by atoms with E-state index in [4.69, 9.17) is 14.2 Å². The number of rotatable bonds is 9. The minimum absolute atomic E-state index is 0.0263. The van der Waals surface area contributed by atoms with Gasteiger partial charge in [-0.05, 0) is 31.0 Å². The Hall–Kier alpha value is -2.95. The molecule has 164 valence electrons. The maximum Gasteiger partial charge on any atom is 0.340 e. The minimum atomic E-state index is -0.578. The molecule has 2 amide bonds. The molecule has 10 nitrogen and oxygen atoms in total. The van der Waals surface area contributed by atoms with Crippen molar-refractivity contribution in [3.05, 3.63) is 17.7 Å². The van der Waals surface area contributed by atoms with Crippen molar-refractivity contribution in [2.45, 2.75) is 26.7 Å². The number of hydrogen-bond donors (Lipinski definition) is 2. The first-order valence-electron chi connectivity index (χ1n) is 9.29. The van der Waals surface area contributed by atoms with Gasteiger partial charge in [0.1, 0.15) is 0 Å². The number of nitrogens with one attached hydrogen (secondary N) is 2. The summed E-state index contributed by atoms with van der Waals surface area (Å²) in [4.78, 5) is 35.9. The number of nitrogens with zero attached hydrogens (tertiary/aromatic N) is 2. The Morgan fingerprint density at radius 3 is 2.50 bits per heavy atom. The Morgan fingerprint density at radius 1 is 1.20 bits per heavy atom. The summed E-state index contributed by atoms with van der Waals surface area (Å²) in [7, 11) is 2.48. The van der Waals surface area contributed by atoms with Crippen LogP contribution in [0.1, 0.15) is 37.0 Å². The fourth-order valence-corrected chi connectivity index (χ4v) is 3.72. The van der Waals surface area contributed by atoms with Crippen LogP contribution in [-0.4, -0.2) is 56.0 Å². The highest BCUT2D eigenvalue weighted by molar-refractivity contribution is 7.88. The van der Waals surface area contributed by atoms with Gasteiger partial charge in [-0.25, -0.2) is 4.79 Å². The lowest BCUT2D eigenvalue weighted by molar-refractivity contribution is -0.118. The fraction of sp³-hybridized carbons (Fsp3) is 0.474. The van der Waals surface area contributed by atoms with Crippen LogP contribution in [0.3, 0.4) is 0 Å². The van der Waals surface area contributed by atoms with Crippen molar-refractivity contribution >= 4 is 39.9 Å². The van der Waals surface area contributed by atoms with E-state index < -0.39 is 16.7 Å². The molecule has 11 heteroatoms. The van der Waals surface area contributed by atoms with E-state index in [1.165, 1.54) is 26.4 Å². The molecule has 2 N–H and O–H groups in total. The molecule has 30 heavy (non-hydrogen) atoms. The van der Waals surface area contributed by atoms with Gasteiger partial charge in [-0.15, -0.1) is 4.47 Å². The van der Waals surface area contributed by atoms with Crippen LogP contribution in [0.25, 0.3) is 0 Å². The summed E-state index contributed by atoms with van der Waals surface area (Å²) in [6, 6.07) is 2.99. The zero-order chi connectivity index (χ0) is 22.1. The number of carbonyl (C=O) groups is 3. The van der Waals surface area contributed by atoms with Crippen molar-refractivity contribution < 1.29 is 28.6 Å². The van der Waals surface area contributed by atoms with Gasteiger partial charge in [0.05, 0.1) is 43.7 Å². The molecule has 1 fully saturated rings. The molecule has 0 saturated carbocycles. The quantitative estimate of drug-likeness (QED) is 0.344. The van der Waals surface area contributed by atoms with Gasteiger partial charge in [0.25, 0.3) is 0 Å². The number of hydrogen-bond acceptors (Lipinski definition) is 7. The Morgan fingerprint density at radius 2 is 1.90 bits per heavy atom. The average molecular weight is 439 g/mol. The van der Waals surface area contributed by atoms with E-state index in [2.05, 4.69) is 20.2 Å². The summed E-state index contributed by atoms with van der Waals surface area (Å²) in [6.45, 7) is 3.66. The average Bonchev–Trinajstić information content (AvgIpc) is 3.15. The predicted molar refractivity (Wildman–Crippen MR) is 114 cm³/mol. The van der Waals surface area contributed by atoms with E-state index in [0.717, 1.165) is 0 Å². The molecule has 1 saturated heterocycles. The standard InChI is InChI=1S/C19H26N4O6S/c1-5-29-19(26)13-8-15(27-3)16(28-4)9-14(13)21-17(24)7-6-12(2)22-23-30-10-18(25)20-11-30/h8-9H,5-7,10-11H2,1-4H3,(H,20,25)(H,21,24)/b22-12+. The van der Waals surface area contributed by atoms with Gasteiger partial charge in [-0.2, -0.15) is 5.10 Å². The molecule has 1 heterocycles. The zero-order valence-electron chi connectivity index (χ0n) is 17.4. The molecular formula is C19H26N4O6S. The van der Waals surface area contributed by atoms with E-state index in [1.807, 2.05) is 0 Å². The highest BCUT2D eigenvalue weighted by atomic mass is 32.2. The number of carbonyl (C=O) groups excluding carboxylic acids is 3. The molecule has 0 aromatic heterocycles. The first-order chi connectivity index (χ1) is 14.4. The number of ether oxygens (including phenoxy) is 3. The van der Waals surface area contributed by atoms with Gasteiger partial charge in [0.2, 0.25) is 11.8 Å². The van der Waals surface area contributed by atoms with Crippen LogP contribution in [0.15, 0.2) is 21.7 Å². The number of esters is 1. The number of amides is 2. The first-order valence-corrected chi connectivity index (χ1v) is 10.8. The second kappa shape index (κ2) is 11.3. The lowest BCUT2D eigenvalue weighted by Crippen LogP contribution is -2.17. The molecule has 0 bridgehead atoms. The second-order valence-electron chi connectivity index (χ2n) is 6.29. The molecular weight excluding hydrogens is 412 g/mol. The number of anilines is 1. The monoisotopic (exact) mass is 438 g/mol. The van der Waals surface area contributed by atoms with Crippen molar-refractivity contribution in [3.63, 3.8) is 0 Å². The molecule has 1 unspecified atom stereocenters. The topological polar surface area (TPSA) is 128 Å². The maximum absolute atomic E-state index is 12.4. The zero-order valence-corrected chi connectivity index (χ0v) is 18.3. The fourth-order valence-electron chi connectivity index (χ4n) is 2.52. The van der Waals surface area contributed by atoms with Crippen molar-refractivity contribution in [3.8, 4) is 11.5 Å². The predicted octanol–water partition coefficient (Wildman–Crippen LogP) is 1.86. The lowest BCUT2D eigenvalue weighted by Gasteiger charge is -2.15. The molecule has 2 rings (SSSR count). The van der Waals surface area contributed by atoms with E-state index in [9.17, 15) is 14.4 Å². The molecule has 0 aliphatic carbocycles. The van der Waals surface area contributed by atoms with Crippen molar-refractivity contribution in [2.24, 2.45) is 9.57 Å². The van der Waals surface area contributed by atoms with E-state index in [0.29, 0.717) is 35.3 Å². The van der Waals surface area contributed by atoms with E-state index in [-0.39, 0.29) is 36.1 Å². The van der Waals surface area contributed by atoms with E-state index >= 15 is 0 Å². The first kappa shape index (κ1) is 23.3. The summed E-state index contributed by atoms with van der Waals surface area (Å²) in [5.74, 6) is 0.677. The lowest BCUT2D eigenvalue weighted by atomic mass is 10.1. The molecule has 1 aromatic carbocycles. The molecule has 0 radical (unpaired) electrons. The highest BCUT2D eigenvalue weighted by Crippen LogP contribution is 2.34. The molecule has 1 aliphatic heterocycles. The summed E-state index contributed by atoms with van der Waals surface area (Å²) >= 11 is 0. The van der Waals surface area contributed by atoms with Crippen LogP contribution in [0, 0.1) is 0 Å². The van der Waals surface area contributed by atoms with Crippen LogP contribution in [0.5, 0.6) is 11.5 Å². The summed E-state index contributed by atoms with van der Waals surface area (Å²) in [5.41, 5.74) is 1.12. The molecule has 1 atom stereocenters. The van der Waals surface area contributed by atoms with Crippen molar-refractivity contribution in [2.75, 3.05) is 37.8 Å². The largest absolute Gasteiger partial charge is 0.493 e. The van der Waals surface area contributed by atoms with Gasteiger partial charge < -0.3 is 24.8 Å². The Balaban J connectivity index is 2.07.